The van der Waals surface area contributed by atoms with E-state index in [9.17, 15) is 10.0 Å². The molecule has 0 spiro atoms. The summed E-state index contributed by atoms with van der Waals surface area (Å²) in [4.78, 5) is 18.9. The van der Waals surface area contributed by atoms with Crippen LogP contribution in [-0.4, -0.2) is 53.0 Å². The van der Waals surface area contributed by atoms with Gasteiger partial charge in [-0.05, 0) is 42.2 Å². The normalized spacial score (nSPS) is 17.3. The summed E-state index contributed by atoms with van der Waals surface area (Å²) in [6, 6.07) is 11.6. The number of aryl methyl sites for hydroxylation is 1. The number of carbonyl (C=O) groups excluding carboxylic acids is 1. The highest BCUT2D eigenvalue weighted by Crippen LogP contribution is 2.37. The fourth-order valence-electron chi connectivity index (χ4n) is 4.09. The summed E-state index contributed by atoms with van der Waals surface area (Å²) in [5.74, 6) is 0.829. The van der Waals surface area contributed by atoms with Crippen molar-refractivity contribution in [3.05, 3.63) is 65.7 Å². The largest absolute Gasteiger partial charge is 0.450 e. The average molecular weight is 403 g/mol. The first-order valence-corrected chi connectivity index (χ1v) is 10.0. The Morgan fingerprint density at radius 1 is 1.00 bits per heavy atom. The molecule has 30 heavy (non-hydrogen) atoms. The van der Waals surface area contributed by atoms with Crippen LogP contribution in [0.3, 0.4) is 0 Å². The van der Waals surface area contributed by atoms with Gasteiger partial charge in [0.2, 0.25) is 0 Å². The highest BCUT2D eigenvalue weighted by atomic mass is 16.5. The van der Waals surface area contributed by atoms with Gasteiger partial charge >= 0.3 is 0 Å². The molecule has 3 aromatic rings. The van der Waals surface area contributed by atoms with Crippen LogP contribution in [0.25, 0.3) is 22.5 Å². The molecule has 7 nitrogen and oxygen atoms in total. The van der Waals surface area contributed by atoms with Crippen molar-refractivity contribution in [3.8, 4) is 22.5 Å². The zero-order valence-electron chi connectivity index (χ0n) is 16.4. The third-order valence-electron chi connectivity index (χ3n) is 5.66. The lowest BCUT2D eigenvalue weighted by Crippen LogP contribution is -2.40. The lowest BCUT2D eigenvalue weighted by molar-refractivity contribution is 0.0283. The number of benzene rings is 1. The van der Waals surface area contributed by atoms with E-state index in [1.165, 1.54) is 0 Å². The molecule has 152 valence electrons. The van der Waals surface area contributed by atoms with Gasteiger partial charge in [0.05, 0.1) is 18.9 Å². The quantitative estimate of drug-likeness (QED) is 0.533. The molecular formula is C23H21N3O4. The van der Waals surface area contributed by atoms with E-state index < -0.39 is 0 Å². The van der Waals surface area contributed by atoms with Gasteiger partial charge in [0, 0.05) is 42.2 Å². The van der Waals surface area contributed by atoms with Crippen LogP contribution < -0.4 is 0 Å². The SMILES string of the molecule is O=C(c1cc(-c2ccc3c(c2)CC/C3=N\O)c(-c2ccncc2)o1)N1CCOCC1. The third kappa shape index (κ3) is 3.27. The first-order chi connectivity index (χ1) is 14.7. The number of pyridine rings is 1. The Balaban J connectivity index is 1.58. The van der Waals surface area contributed by atoms with Gasteiger partial charge in [-0.1, -0.05) is 23.4 Å². The van der Waals surface area contributed by atoms with Crippen molar-refractivity contribution in [2.75, 3.05) is 26.3 Å². The van der Waals surface area contributed by atoms with Gasteiger partial charge in [-0.25, -0.2) is 0 Å². The number of amides is 1. The van der Waals surface area contributed by atoms with Crippen LogP contribution >= 0.6 is 0 Å². The maximum Gasteiger partial charge on any atom is 0.289 e. The predicted octanol–water partition coefficient (Wildman–Crippen LogP) is 3.61. The van der Waals surface area contributed by atoms with Crippen LogP contribution in [0.2, 0.25) is 0 Å². The van der Waals surface area contributed by atoms with Crippen LogP contribution in [0, 0.1) is 0 Å². The van der Waals surface area contributed by atoms with E-state index in [1.54, 1.807) is 17.3 Å². The van der Waals surface area contributed by atoms with Gasteiger partial charge in [-0.3, -0.25) is 9.78 Å². The maximum absolute atomic E-state index is 13.0. The molecule has 0 unspecified atom stereocenters. The van der Waals surface area contributed by atoms with Crippen LogP contribution in [0.1, 0.15) is 28.1 Å². The Hall–Kier alpha value is -3.45. The number of furan rings is 1. The fourth-order valence-corrected chi connectivity index (χ4v) is 4.09. The molecule has 1 fully saturated rings. The Morgan fingerprint density at radius 3 is 2.57 bits per heavy atom. The third-order valence-corrected chi connectivity index (χ3v) is 5.66. The number of rotatable bonds is 3. The van der Waals surface area contributed by atoms with E-state index in [-0.39, 0.29) is 5.91 Å². The predicted molar refractivity (Wildman–Crippen MR) is 111 cm³/mol. The second-order valence-electron chi connectivity index (χ2n) is 7.41. The highest BCUT2D eigenvalue weighted by molar-refractivity contribution is 6.05. The lowest BCUT2D eigenvalue weighted by Gasteiger charge is -2.25. The van der Waals surface area contributed by atoms with Crippen molar-refractivity contribution < 1.29 is 19.2 Å². The smallest absolute Gasteiger partial charge is 0.289 e. The minimum atomic E-state index is -0.129. The highest BCUT2D eigenvalue weighted by Gasteiger charge is 2.26. The van der Waals surface area contributed by atoms with Gasteiger partial charge in [0.25, 0.3) is 5.91 Å². The average Bonchev–Trinajstić information content (AvgIpc) is 3.44. The van der Waals surface area contributed by atoms with Crippen LogP contribution in [0.15, 0.2) is 58.4 Å². The molecular weight excluding hydrogens is 382 g/mol. The first kappa shape index (κ1) is 18.6. The van der Waals surface area contributed by atoms with Gasteiger partial charge in [0.15, 0.2) is 5.76 Å². The lowest BCUT2D eigenvalue weighted by atomic mass is 9.98. The van der Waals surface area contributed by atoms with Crippen molar-refractivity contribution in [2.24, 2.45) is 5.16 Å². The Labute approximate surface area is 173 Å². The first-order valence-electron chi connectivity index (χ1n) is 10.0. The molecule has 5 rings (SSSR count). The number of aromatic nitrogens is 1. The number of fused-ring (bicyclic) bond motifs is 1. The molecule has 2 aliphatic rings. The summed E-state index contributed by atoms with van der Waals surface area (Å²) in [5, 5.41) is 12.6. The molecule has 3 heterocycles. The van der Waals surface area contributed by atoms with Gasteiger partial charge in [-0.15, -0.1) is 0 Å². The van der Waals surface area contributed by atoms with E-state index in [4.69, 9.17) is 9.15 Å². The fraction of sp³-hybridized carbons (Fsp3) is 0.261. The molecule has 1 N–H and O–H groups in total. The summed E-state index contributed by atoms with van der Waals surface area (Å²) in [6.07, 6.45) is 4.96. The number of hydrogen-bond acceptors (Lipinski definition) is 6. The van der Waals surface area contributed by atoms with Crippen LogP contribution in [0.4, 0.5) is 0 Å². The molecule has 1 aliphatic carbocycles. The molecule has 1 saturated heterocycles. The number of hydrogen-bond donors (Lipinski definition) is 1. The number of oxime groups is 1. The molecule has 2 aromatic heterocycles. The van der Waals surface area contributed by atoms with E-state index in [0.717, 1.165) is 40.7 Å². The van der Waals surface area contributed by atoms with Crippen molar-refractivity contribution in [2.45, 2.75) is 12.8 Å². The summed E-state index contributed by atoms with van der Waals surface area (Å²) in [6.45, 7) is 2.19. The van der Waals surface area contributed by atoms with E-state index >= 15 is 0 Å². The Morgan fingerprint density at radius 2 is 1.80 bits per heavy atom. The summed E-state index contributed by atoms with van der Waals surface area (Å²) >= 11 is 0. The van der Waals surface area contributed by atoms with E-state index in [0.29, 0.717) is 43.5 Å². The van der Waals surface area contributed by atoms with Crippen molar-refractivity contribution in [1.29, 1.82) is 0 Å². The Kier molecular flexibility index (Phi) is 4.80. The molecule has 0 atom stereocenters. The monoisotopic (exact) mass is 403 g/mol. The minimum Gasteiger partial charge on any atom is -0.450 e. The van der Waals surface area contributed by atoms with Crippen LogP contribution in [-0.2, 0) is 11.2 Å². The summed E-state index contributed by atoms with van der Waals surface area (Å²) in [7, 11) is 0. The van der Waals surface area contributed by atoms with Gasteiger partial charge < -0.3 is 19.3 Å². The molecule has 1 amide bonds. The van der Waals surface area contributed by atoms with Crippen LogP contribution in [0.5, 0.6) is 0 Å². The van der Waals surface area contributed by atoms with E-state index in [2.05, 4.69) is 16.2 Å². The summed E-state index contributed by atoms with van der Waals surface area (Å²) in [5.41, 5.74) is 5.49. The van der Waals surface area contributed by atoms with Crippen molar-refractivity contribution in [1.82, 2.24) is 9.88 Å². The molecule has 1 aliphatic heterocycles. The number of ether oxygens (including phenoxy) is 1. The molecule has 0 radical (unpaired) electrons. The maximum atomic E-state index is 13.0. The van der Waals surface area contributed by atoms with E-state index in [1.807, 2.05) is 30.3 Å². The molecule has 0 saturated carbocycles. The Bertz CT molecular complexity index is 1110. The van der Waals surface area contributed by atoms with Crippen molar-refractivity contribution in [3.63, 3.8) is 0 Å². The minimum absolute atomic E-state index is 0.129. The molecule has 1 aromatic carbocycles. The zero-order valence-corrected chi connectivity index (χ0v) is 16.4. The second-order valence-corrected chi connectivity index (χ2v) is 7.41. The molecule has 0 bridgehead atoms. The summed E-state index contributed by atoms with van der Waals surface area (Å²) < 4.78 is 11.5. The second kappa shape index (κ2) is 7.76. The number of nitrogens with zero attached hydrogens (tertiary/aromatic N) is 3. The number of morpholine rings is 1. The zero-order chi connectivity index (χ0) is 20.5. The van der Waals surface area contributed by atoms with Gasteiger partial charge in [0.1, 0.15) is 5.76 Å². The molecule has 7 heteroatoms. The standard InChI is InChI=1S/C23H21N3O4/c27-23(26-9-11-29-12-10-26)21-14-19(22(30-21)15-5-7-24-8-6-15)17-1-3-18-16(13-17)2-4-20(18)25-28/h1,3,5-8,13-14,28H,2,4,9-12H2/b25-20+. The number of carbonyl (C=O) groups is 1. The van der Waals surface area contributed by atoms with Crippen molar-refractivity contribution >= 4 is 11.6 Å². The van der Waals surface area contributed by atoms with Gasteiger partial charge in [-0.2, -0.15) is 0 Å². The topological polar surface area (TPSA) is 88.2 Å².